The van der Waals surface area contributed by atoms with E-state index in [9.17, 15) is 0 Å². The van der Waals surface area contributed by atoms with Crippen LogP contribution in [0, 0.1) is 6.92 Å². The van der Waals surface area contributed by atoms with Crippen molar-refractivity contribution in [3.63, 3.8) is 0 Å². The van der Waals surface area contributed by atoms with Crippen molar-refractivity contribution in [1.82, 2.24) is 4.57 Å². The number of aliphatic hydroxyl groups excluding tert-OH is 1. The van der Waals surface area contributed by atoms with Gasteiger partial charge in [-0.25, -0.2) is 0 Å². The summed E-state index contributed by atoms with van der Waals surface area (Å²) in [6, 6.07) is 4.17. The monoisotopic (exact) mass is 219 g/mol. The lowest BCUT2D eigenvalue weighted by molar-refractivity contribution is 0.300. The molecule has 0 unspecified atom stereocenters. The van der Waals surface area contributed by atoms with Crippen LogP contribution in [0.25, 0.3) is 10.9 Å². The van der Waals surface area contributed by atoms with Crippen LogP contribution in [0.5, 0.6) is 5.75 Å². The Morgan fingerprint density at radius 2 is 2.12 bits per heavy atom. The first-order chi connectivity index (χ1) is 7.67. The number of ether oxygens (including phenoxy) is 1. The molecule has 0 atom stereocenters. The summed E-state index contributed by atoms with van der Waals surface area (Å²) in [7, 11) is 3.69. The summed E-state index contributed by atoms with van der Waals surface area (Å²) >= 11 is 0. The molecule has 1 heterocycles. The predicted octanol–water partition coefficient (Wildman–Crippen LogP) is 2.03. The first-order valence-electron chi connectivity index (χ1n) is 5.40. The molecule has 1 aromatic carbocycles. The summed E-state index contributed by atoms with van der Waals surface area (Å²) in [5, 5.41) is 10.2. The first-order valence-corrected chi connectivity index (χ1v) is 5.40. The zero-order valence-corrected chi connectivity index (χ0v) is 9.95. The van der Waals surface area contributed by atoms with Crippen molar-refractivity contribution in [2.24, 2.45) is 7.05 Å². The molecule has 0 saturated heterocycles. The highest BCUT2D eigenvalue weighted by atomic mass is 16.5. The number of hydrogen-bond acceptors (Lipinski definition) is 2. The number of fused-ring (bicyclic) bond motifs is 1. The maximum atomic E-state index is 9.04. The molecule has 0 bridgehead atoms. The minimum atomic E-state index is 0.176. The Balaban J connectivity index is 2.74. The van der Waals surface area contributed by atoms with E-state index in [2.05, 4.69) is 23.8 Å². The number of rotatable bonds is 3. The second-order valence-corrected chi connectivity index (χ2v) is 4.10. The topological polar surface area (TPSA) is 34.4 Å². The van der Waals surface area contributed by atoms with Gasteiger partial charge in [-0.05, 0) is 36.6 Å². The molecule has 2 aromatic rings. The Kier molecular flexibility index (Phi) is 2.88. The van der Waals surface area contributed by atoms with Crippen LogP contribution in [0.4, 0.5) is 0 Å². The third kappa shape index (κ3) is 1.67. The van der Waals surface area contributed by atoms with Gasteiger partial charge < -0.3 is 14.4 Å². The van der Waals surface area contributed by atoms with E-state index in [0.717, 1.165) is 11.3 Å². The Morgan fingerprint density at radius 1 is 1.38 bits per heavy atom. The van der Waals surface area contributed by atoms with E-state index in [4.69, 9.17) is 9.84 Å². The van der Waals surface area contributed by atoms with Crippen LogP contribution in [-0.4, -0.2) is 23.4 Å². The molecule has 0 amide bonds. The SMILES string of the molecule is COc1cc(C)cc2c(CCO)cn(C)c12. The summed E-state index contributed by atoms with van der Waals surface area (Å²) in [5.74, 6) is 0.890. The van der Waals surface area contributed by atoms with Crippen molar-refractivity contribution in [2.75, 3.05) is 13.7 Å². The Labute approximate surface area is 95.3 Å². The van der Waals surface area contributed by atoms with Crippen LogP contribution in [-0.2, 0) is 13.5 Å². The molecular formula is C13H17NO2. The van der Waals surface area contributed by atoms with Gasteiger partial charge in [0.15, 0.2) is 0 Å². The largest absolute Gasteiger partial charge is 0.495 e. The summed E-state index contributed by atoms with van der Waals surface area (Å²) < 4.78 is 7.45. The second-order valence-electron chi connectivity index (χ2n) is 4.10. The van der Waals surface area contributed by atoms with Gasteiger partial charge in [0.05, 0.1) is 12.6 Å². The molecule has 0 aliphatic carbocycles. The normalized spacial score (nSPS) is 11.0. The molecule has 2 rings (SSSR count). The molecule has 0 spiro atoms. The minimum absolute atomic E-state index is 0.176. The maximum Gasteiger partial charge on any atom is 0.143 e. The van der Waals surface area contributed by atoms with E-state index in [0.29, 0.717) is 6.42 Å². The minimum Gasteiger partial charge on any atom is -0.495 e. The van der Waals surface area contributed by atoms with Crippen molar-refractivity contribution < 1.29 is 9.84 Å². The molecule has 16 heavy (non-hydrogen) atoms. The standard InChI is InChI=1S/C13H17NO2/c1-9-6-11-10(4-5-15)8-14(2)13(11)12(7-9)16-3/h6-8,15H,4-5H2,1-3H3. The number of aromatic nitrogens is 1. The second kappa shape index (κ2) is 4.18. The van der Waals surface area contributed by atoms with Gasteiger partial charge in [-0.15, -0.1) is 0 Å². The lowest BCUT2D eigenvalue weighted by Crippen LogP contribution is -1.91. The molecule has 3 nitrogen and oxygen atoms in total. The number of nitrogens with zero attached hydrogens (tertiary/aromatic N) is 1. The fourth-order valence-electron chi connectivity index (χ4n) is 2.20. The first kappa shape index (κ1) is 11.0. The lowest BCUT2D eigenvalue weighted by Gasteiger charge is -2.06. The van der Waals surface area contributed by atoms with Gasteiger partial charge in [0.1, 0.15) is 5.75 Å². The van der Waals surface area contributed by atoms with Crippen molar-refractivity contribution >= 4 is 10.9 Å². The molecule has 86 valence electrons. The summed E-state index contributed by atoms with van der Waals surface area (Å²) in [6.07, 6.45) is 2.74. The predicted molar refractivity (Wildman–Crippen MR) is 65.0 cm³/mol. The summed E-state index contributed by atoms with van der Waals surface area (Å²) in [6.45, 7) is 2.23. The maximum absolute atomic E-state index is 9.04. The van der Waals surface area contributed by atoms with E-state index in [1.54, 1.807) is 7.11 Å². The van der Waals surface area contributed by atoms with Gasteiger partial charge in [-0.2, -0.15) is 0 Å². The molecule has 0 saturated carbocycles. The summed E-state index contributed by atoms with van der Waals surface area (Å²) in [4.78, 5) is 0. The number of hydrogen-bond donors (Lipinski definition) is 1. The molecule has 0 fully saturated rings. The van der Waals surface area contributed by atoms with Gasteiger partial charge in [0, 0.05) is 25.2 Å². The van der Waals surface area contributed by atoms with Crippen LogP contribution in [0.2, 0.25) is 0 Å². The van der Waals surface area contributed by atoms with E-state index in [1.165, 1.54) is 16.5 Å². The van der Waals surface area contributed by atoms with Gasteiger partial charge in [0.2, 0.25) is 0 Å². The Hall–Kier alpha value is -1.48. The quantitative estimate of drug-likeness (QED) is 0.857. The molecule has 0 aliphatic heterocycles. The van der Waals surface area contributed by atoms with Gasteiger partial charge >= 0.3 is 0 Å². The van der Waals surface area contributed by atoms with Crippen LogP contribution < -0.4 is 4.74 Å². The van der Waals surface area contributed by atoms with E-state index >= 15 is 0 Å². The lowest BCUT2D eigenvalue weighted by atomic mass is 10.1. The highest BCUT2D eigenvalue weighted by Crippen LogP contribution is 2.30. The molecule has 0 radical (unpaired) electrons. The zero-order chi connectivity index (χ0) is 11.7. The number of methoxy groups -OCH3 is 1. The van der Waals surface area contributed by atoms with Gasteiger partial charge in [0.25, 0.3) is 0 Å². The van der Waals surface area contributed by atoms with Crippen molar-refractivity contribution in [1.29, 1.82) is 0 Å². The van der Waals surface area contributed by atoms with Crippen LogP contribution >= 0.6 is 0 Å². The molecule has 3 heteroatoms. The third-order valence-electron chi connectivity index (χ3n) is 2.87. The van der Waals surface area contributed by atoms with E-state index < -0.39 is 0 Å². The number of aryl methyl sites for hydroxylation is 2. The van der Waals surface area contributed by atoms with Crippen molar-refractivity contribution in [3.05, 3.63) is 29.5 Å². The smallest absolute Gasteiger partial charge is 0.143 e. The van der Waals surface area contributed by atoms with E-state index in [-0.39, 0.29) is 6.61 Å². The van der Waals surface area contributed by atoms with Gasteiger partial charge in [-0.1, -0.05) is 0 Å². The molecular weight excluding hydrogens is 202 g/mol. The molecule has 1 N–H and O–H groups in total. The number of aliphatic hydroxyl groups is 1. The average molecular weight is 219 g/mol. The Morgan fingerprint density at radius 3 is 2.75 bits per heavy atom. The van der Waals surface area contributed by atoms with Crippen molar-refractivity contribution in [3.8, 4) is 5.75 Å². The Bertz CT molecular complexity index is 514. The molecule has 0 aliphatic rings. The fraction of sp³-hybridized carbons (Fsp3) is 0.385. The van der Waals surface area contributed by atoms with Crippen LogP contribution in [0.15, 0.2) is 18.3 Å². The highest BCUT2D eigenvalue weighted by molar-refractivity contribution is 5.90. The number of benzene rings is 1. The van der Waals surface area contributed by atoms with Crippen LogP contribution in [0.3, 0.4) is 0 Å². The zero-order valence-electron chi connectivity index (χ0n) is 9.95. The van der Waals surface area contributed by atoms with Crippen molar-refractivity contribution in [2.45, 2.75) is 13.3 Å². The average Bonchev–Trinajstić information content (AvgIpc) is 2.55. The molecule has 1 aromatic heterocycles. The van der Waals surface area contributed by atoms with Crippen LogP contribution in [0.1, 0.15) is 11.1 Å². The highest BCUT2D eigenvalue weighted by Gasteiger charge is 2.11. The summed E-state index contributed by atoms with van der Waals surface area (Å²) in [5.41, 5.74) is 3.44. The third-order valence-corrected chi connectivity index (χ3v) is 2.87. The van der Waals surface area contributed by atoms with E-state index in [1.807, 2.05) is 13.1 Å². The fourth-order valence-corrected chi connectivity index (χ4v) is 2.20. The van der Waals surface area contributed by atoms with Gasteiger partial charge in [-0.3, -0.25) is 0 Å².